The predicted molar refractivity (Wildman–Crippen MR) is 136 cm³/mol. The molecule has 1 aliphatic carbocycles. The number of ether oxygens (including phenoxy) is 2. The van der Waals surface area contributed by atoms with Crippen molar-refractivity contribution in [3.63, 3.8) is 0 Å². The van der Waals surface area contributed by atoms with Crippen LogP contribution >= 0.6 is 24.0 Å². The van der Waals surface area contributed by atoms with Crippen LogP contribution in [0.1, 0.15) is 44.0 Å². The minimum absolute atomic E-state index is 0. The Morgan fingerprint density at radius 1 is 1.12 bits per heavy atom. The summed E-state index contributed by atoms with van der Waals surface area (Å²) in [5, 5.41) is 15.1. The molecule has 0 spiro atoms. The van der Waals surface area contributed by atoms with Crippen LogP contribution in [0.3, 0.4) is 0 Å². The first-order valence-electron chi connectivity index (χ1n) is 10.9. The van der Waals surface area contributed by atoms with E-state index >= 15 is 0 Å². The Hall–Kier alpha value is -2.56. The fraction of sp³-hybridized carbons (Fsp3) is 0.435. The first-order chi connectivity index (χ1) is 15.3. The fourth-order valence-electron chi connectivity index (χ4n) is 3.78. The molecule has 2 aromatic heterocycles. The molecule has 0 bridgehead atoms. The molecule has 172 valence electrons. The fourth-order valence-corrected chi connectivity index (χ4v) is 3.78. The average Bonchev–Trinajstić information content (AvgIpc) is 3.46. The quantitative estimate of drug-likeness (QED) is 0.251. The summed E-state index contributed by atoms with van der Waals surface area (Å²) in [5.41, 5.74) is 1.90. The van der Waals surface area contributed by atoms with Gasteiger partial charge in [0, 0.05) is 12.7 Å². The molecular formula is C23H31IN6O2. The van der Waals surface area contributed by atoms with Crippen molar-refractivity contribution in [2.45, 2.75) is 51.8 Å². The van der Waals surface area contributed by atoms with Crippen LogP contribution in [0.5, 0.6) is 11.5 Å². The number of aromatic nitrogens is 3. The molecular weight excluding hydrogens is 519 g/mol. The minimum atomic E-state index is 0. The van der Waals surface area contributed by atoms with Crippen LogP contribution in [0.25, 0.3) is 5.65 Å². The molecule has 1 fully saturated rings. The van der Waals surface area contributed by atoms with E-state index in [4.69, 9.17) is 14.5 Å². The molecule has 1 aromatic carbocycles. The summed E-state index contributed by atoms with van der Waals surface area (Å²) in [5.74, 6) is 3.13. The highest BCUT2D eigenvalue weighted by molar-refractivity contribution is 14.0. The second-order valence-electron chi connectivity index (χ2n) is 7.60. The van der Waals surface area contributed by atoms with Crippen molar-refractivity contribution in [2.75, 3.05) is 13.7 Å². The van der Waals surface area contributed by atoms with Crippen LogP contribution in [0, 0.1) is 0 Å². The number of benzene rings is 1. The van der Waals surface area contributed by atoms with E-state index in [2.05, 4.69) is 20.8 Å². The number of hydrogen-bond acceptors (Lipinski definition) is 5. The highest BCUT2D eigenvalue weighted by Crippen LogP contribution is 2.32. The standard InChI is InChI=1S/C23H30N6O2.HI/c1-3-24-23(26-16-22-28-27-21-10-6-7-13-29(21)22)25-15-17-11-12-19(30-2)20(14-17)31-18-8-4-5-9-18;/h6-7,10-14,18H,3-5,8-9,15-16H2,1-2H3,(H2,24,25,26);1H. The number of hydrogen-bond donors (Lipinski definition) is 2. The van der Waals surface area contributed by atoms with Gasteiger partial charge in [0.1, 0.15) is 0 Å². The molecule has 0 aliphatic heterocycles. The van der Waals surface area contributed by atoms with E-state index in [9.17, 15) is 0 Å². The lowest BCUT2D eigenvalue weighted by Crippen LogP contribution is -2.37. The molecule has 32 heavy (non-hydrogen) atoms. The van der Waals surface area contributed by atoms with E-state index in [0.717, 1.165) is 53.9 Å². The molecule has 0 amide bonds. The molecule has 2 N–H and O–H groups in total. The van der Waals surface area contributed by atoms with Gasteiger partial charge >= 0.3 is 0 Å². The highest BCUT2D eigenvalue weighted by atomic mass is 127. The third kappa shape index (κ3) is 6.02. The Kier molecular flexibility index (Phi) is 8.95. The number of halogens is 1. The van der Waals surface area contributed by atoms with E-state index in [0.29, 0.717) is 13.1 Å². The zero-order valence-electron chi connectivity index (χ0n) is 18.6. The first-order valence-corrected chi connectivity index (χ1v) is 10.9. The summed E-state index contributed by atoms with van der Waals surface area (Å²) in [7, 11) is 1.68. The normalized spacial score (nSPS) is 14.2. The number of fused-ring (bicyclic) bond motifs is 1. The second-order valence-corrected chi connectivity index (χ2v) is 7.60. The SMILES string of the molecule is CCNC(=NCc1ccc(OC)c(OC2CCCC2)c1)NCc1nnc2ccccn12.I. The summed E-state index contributed by atoms with van der Waals surface area (Å²) >= 11 is 0. The van der Waals surface area contributed by atoms with Gasteiger partial charge in [0.15, 0.2) is 28.9 Å². The Bertz CT molecular complexity index is 1030. The molecule has 0 saturated heterocycles. The van der Waals surface area contributed by atoms with Crippen LogP contribution in [0.2, 0.25) is 0 Å². The van der Waals surface area contributed by atoms with Crippen molar-refractivity contribution in [3.8, 4) is 11.5 Å². The predicted octanol–water partition coefficient (Wildman–Crippen LogP) is 3.93. The number of nitrogens with zero attached hydrogens (tertiary/aromatic N) is 4. The number of nitrogens with one attached hydrogen (secondary N) is 2. The zero-order chi connectivity index (χ0) is 21.5. The van der Waals surface area contributed by atoms with Crippen molar-refractivity contribution in [1.82, 2.24) is 25.2 Å². The summed E-state index contributed by atoms with van der Waals surface area (Å²) in [6, 6.07) is 11.9. The zero-order valence-corrected chi connectivity index (χ0v) is 20.9. The van der Waals surface area contributed by atoms with E-state index in [1.807, 2.05) is 53.9 Å². The Balaban J connectivity index is 0.00000289. The summed E-state index contributed by atoms with van der Waals surface area (Å²) in [6.45, 7) is 3.87. The van der Waals surface area contributed by atoms with Gasteiger partial charge in [-0.05, 0) is 62.4 Å². The van der Waals surface area contributed by atoms with Gasteiger partial charge in [0.25, 0.3) is 0 Å². The third-order valence-corrected chi connectivity index (χ3v) is 5.39. The molecule has 4 rings (SSSR count). The van der Waals surface area contributed by atoms with Crippen LogP contribution in [0.15, 0.2) is 47.6 Å². The van der Waals surface area contributed by atoms with E-state index < -0.39 is 0 Å². The van der Waals surface area contributed by atoms with Gasteiger partial charge in [0.05, 0.1) is 26.3 Å². The van der Waals surface area contributed by atoms with Crippen LogP contribution in [0.4, 0.5) is 0 Å². The molecule has 0 atom stereocenters. The topological polar surface area (TPSA) is 85.1 Å². The first kappa shape index (κ1) is 24.1. The molecule has 0 unspecified atom stereocenters. The summed E-state index contributed by atoms with van der Waals surface area (Å²) < 4.78 is 13.7. The Morgan fingerprint density at radius 2 is 1.97 bits per heavy atom. The third-order valence-electron chi connectivity index (χ3n) is 5.39. The van der Waals surface area contributed by atoms with Crippen molar-refractivity contribution in [1.29, 1.82) is 0 Å². The monoisotopic (exact) mass is 550 g/mol. The summed E-state index contributed by atoms with van der Waals surface area (Å²) in [6.07, 6.45) is 6.92. The number of guanidine groups is 1. The van der Waals surface area contributed by atoms with E-state index in [1.165, 1.54) is 12.8 Å². The van der Waals surface area contributed by atoms with Gasteiger partial charge in [-0.2, -0.15) is 0 Å². The number of aliphatic imine (C=N–C) groups is 1. The van der Waals surface area contributed by atoms with E-state index in [1.54, 1.807) is 7.11 Å². The maximum absolute atomic E-state index is 6.21. The van der Waals surface area contributed by atoms with Gasteiger partial charge in [-0.15, -0.1) is 34.2 Å². The Labute approximate surface area is 205 Å². The van der Waals surface area contributed by atoms with Crippen LogP contribution in [-0.4, -0.2) is 40.3 Å². The molecule has 0 radical (unpaired) electrons. The van der Waals surface area contributed by atoms with Crippen molar-refractivity contribution >= 4 is 35.6 Å². The molecule has 8 nitrogen and oxygen atoms in total. The molecule has 1 saturated carbocycles. The maximum atomic E-state index is 6.21. The number of rotatable bonds is 8. The van der Waals surface area contributed by atoms with Gasteiger partial charge in [-0.25, -0.2) is 4.99 Å². The molecule has 2 heterocycles. The minimum Gasteiger partial charge on any atom is -0.493 e. The second kappa shape index (κ2) is 11.9. The summed E-state index contributed by atoms with van der Waals surface area (Å²) in [4.78, 5) is 4.73. The molecule has 3 aromatic rings. The smallest absolute Gasteiger partial charge is 0.191 e. The van der Waals surface area contributed by atoms with Gasteiger partial charge < -0.3 is 20.1 Å². The van der Waals surface area contributed by atoms with Gasteiger partial charge in [-0.1, -0.05) is 12.1 Å². The lowest BCUT2D eigenvalue weighted by Gasteiger charge is -2.17. The van der Waals surface area contributed by atoms with Gasteiger partial charge in [-0.3, -0.25) is 4.40 Å². The lowest BCUT2D eigenvalue weighted by atomic mass is 10.2. The Morgan fingerprint density at radius 3 is 2.75 bits per heavy atom. The van der Waals surface area contributed by atoms with Crippen molar-refractivity contribution in [2.24, 2.45) is 4.99 Å². The molecule has 1 aliphatic rings. The number of methoxy groups -OCH3 is 1. The highest BCUT2D eigenvalue weighted by Gasteiger charge is 2.18. The van der Waals surface area contributed by atoms with E-state index in [-0.39, 0.29) is 30.1 Å². The van der Waals surface area contributed by atoms with Crippen molar-refractivity contribution in [3.05, 3.63) is 54.0 Å². The van der Waals surface area contributed by atoms with Crippen LogP contribution in [-0.2, 0) is 13.1 Å². The average molecular weight is 550 g/mol. The van der Waals surface area contributed by atoms with Gasteiger partial charge in [0.2, 0.25) is 0 Å². The van der Waals surface area contributed by atoms with Crippen LogP contribution < -0.4 is 20.1 Å². The molecule has 9 heteroatoms. The number of pyridine rings is 1. The maximum Gasteiger partial charge on any atom is 0.191 e. The largest absolute Gasteiger partial charge is 0.493 e. The lowest BCUT2D eigenvalue weighted by molar-refractivity contribution is 0.200. The van der Waals surface area contributed by atoms with Crippen molar-refractivity contribution < 1.29 is 9.47 Å².